The van der Waals surface area contributed by atoms with Crippen LogP contribution in [-0.4, -0.2) is 17.6 Å². The summed E-state index contributed by atoms with van der Waals surface area (Å²) in [6.07, 6.45) is 3.63. The lowest BCUT2D eigenvalue weighted by atomic mass is 10.3. The maximum Gasteiger partial charge on any atom is 0.120 e. The van der Waals surface area contributed by atoms with E-state index in [2.05, 4.69) is 13.8 Å². The van der Waals surface area contributed by atoms with E-state index >= 15 is 0 Å². The average molecular weight is 273 g/mol. The minimum atomic E-state index is 0.732. The van der Waals surface area contributed by atoms with Crippen molar-refractivity contribution in [3.05, 3.63) is 29.3 Å². The van der Waals surface area contributed by atoms with Crippen LogP contribution in [0.25, 0.3) is 0 Å². The highest BCUT2D eigenvalue weighted by Crippen LogP contribution is 2.17. The van der Waals surface area contributed by atoms with Crippen LogP contribution >= 0.6 is 23.4 Å². The van der Waals surface area contributed by atoms with Gasteiger partial charge in [0.1, 0.15) is 5.75 Å². The van der Waals surface area contributed by atoms with E-state index in [1.165, 1.54) is 18.6 Å². The zero-order valence-corrected chi connectivity index (χ0v) is 12.2. The van der Waals surface area contributed by atoms with Gasteiger partial charge < -0.3 is 4.74 Å². The molecule has 0 spiro atoms. The molecule has 17 heavy (non-hydrogen) atoms. The molecule has 1 nitrogen and oxygen atoms in total. The molecule has 96 valence electrons. The summed E-state index contributed by atoms with van der Waals surface area (Å²) < 4.78 is 5.62. The number of benzene rings is 1. The number of unbranched alkanes of at least 4 members (excludes halogenated alkanes) is 2. The van der Waals surface area contributed by atoms with Crippen molar-refractivity contribution in [1.82, 2.24) is 0 Å². The van der Waals surface area contributed by atoms with Gasteiger partial charge in [-0.1, -0.05) is 31.5 Å². The van der Waals surface area contributed by atoms with Gasteiger partial charge in [-0.05, 0) is 48.5 Å². The second kappa shape index (κ2) is 8.71. The molecule has 0 amide bonds. The van der Waals surface area contributed by atoms with Gasteiger partial charge in [0.25, 0.3) is 0 Å². The number of halogens is 1. The Balaban J connectivity index is 2.01. The number of rotatable bonds is 8. The molecule has 0 N–H and O–H groups in total. The normalized spacial score (nSPS) is 10.8. The Labute approximate surface area is 114 Å². The van der Waals surface area contributed by atoms with Crippen LogP contribution in [0.1, 0.15) is 33.1 Å². The van der Waals surface area contributed by atoms with E-state index < -0.39 is 0 Å². The Kier molecular flexibility index (Phi) is 7.54. The Hall–Kier alpha value is -0.340. The Morgan fingerprint density at radius 2 is 2.06 bits per heavy atom. The molecular weight excluding hydrogens is 252 g/mol. The van der Waals surface area contributed by atoms with Crippen molar-refractivity contribution in [1.29, 1.82) is 0 Å². The summed E-state index contributed by atoms with van der Waals surface area (Å²) in [6.45, 7) is 5.27. The molecule has 0 atom stereocenters. The molecule has 0 aliphatic carbocycles. The van der Waals surface area contributed by atoms with Crippen molar-refractivity contribution < 1.29 is 4.74 Å². The summed E-state index contributed by atoms with van der Waals surface area (Å²) >= 11 is 7.90. The largest absolute Gasteiger partial charge is 0.494 e. The SMILES string of the molecule is CC(C)SCCCCCOc1cccc(Cl)c1. The molecule has 3 heteroatoms. The predicted molar refractivity (Wildman–Crippen MR) is 78.4 cm³/mol. The highest BCUT2D eigenvalue weighted by Gasteiger charge is 1.96. The van der Waals surface area contributed by atoms with Gasteiger partial charge in [0.15, 0.2) is 0 Å². The molecule has 0 aliphatic rings. The third-order valence-electron chi connectivity index (χ3n) is 2.30. The quantitative estimate of drug-likeness (QED) is 0.614. The Bertz CT molecular complexity index is 315. The second-order valence-corrected chi connectivity index (χ2v) is 6.41. The fraction of sp³-hybridized carbons (Fsp3) is 0.571. The maximum absolute atomic E-state index is 5.87. The van der Waals surface area contributed by atoms with E-state index in [0.717, 1.165) is 29.0 Å². The Morgan fingerprint density at radius 3 is 2.76 bits per heavy atom. The summed E-state index contributed by atoms with van der Waals surface area (Å²) in [6, 6.07) is 7.57. The second-order valence-electron chi connectivity index (χ2n) is 4.29. The number of ether oxygens (including phenoxy) is 1. The van der Waals surface area contributed by atoms with Crippen LogP contribution in [0.3, 0.4) is 0 Å². The summed E-state index contributed by atoms with van der Waals surface area (Å²) in [5.74, 6) is 2.13. The summed E-state index contributed by atoms with van der Waals surface area (Å²) in [7, 11) is 0. The van der Waals surface area contributed by atoms with Crippen LogP contribution in [0.15, 0.2) is 24.3 Å². The Morgan fingerprint density at radius 1 is 1.24 bits per heavy atom. The molecule has 0 aromatic heterocycles. The van der Waals surface area contributed by atoms with Crippen molar-refractivity contribution in [2.24, 2.45) is 0 Å². The van der Waals surface area contributed by atoms with Crippen molar-refractivity contribution in [2.45, 2.75) is 38.4 Å². The van der Waals surface area contributed by atoms with Crippen LogP contribution in [0.5, 0.6) is 5.75 Å². The number of hydrogen-bond acceptors (Lipinski definition) is 2. The van der Waals surface area contributed by atoms with E-state index in [0.29, 0.717) is 0 Å². The van der Waals surface area contributed by atoms with E-state index in [-0.39, 0.29) is 0 Å². The topological polar surface area (TPSA) is 9.23 Å². The minimum Gasteiger partial charge on any atom is -0.494 e. The first-order chi connectivity index (χ1) is 8.18. The van der Waals surface area contributed by atoms with Crippen molar-refractivity contribution in [3.63, 3.8) is 0 Å². The zero-order chi connectivity index (χ0) is 12.5. The molecular formula is C14H21ClOS. The van der Waals surface area contributed by atoms with Crippen LogP contribution in [0.4, 0.5) is 0 Å². The first-order valence-corrected chi connectivity index (χ1v) is 7.61. The van der Waals surface area contributed by atoms with Gasteiger partial charge in [-0.3, -0.25) is 0 Å². The highest BCUT2D eigenvalue weighted by atomic mass is 35.5. The number of hydrogen-bond donors (Lipinski definition) is 0. The molecule has 0 radical (unpaired) electrons. The molecule has 0 heterocycles. The highest BCUT2D eigenvalue weighted by molar-refractivity contribution is 7.99. The molecule has 1 aromatic carbocycles. The lowest BCUT2D eigenvalue weighted by Gasteiger charge is -2.07. The van der Waals surface area contributed by atoms with Crippen molar-refractivity contribution >= 4 is 23.4 Å². The zero-order valence-electron chi connectivity index (χ0n) is 10.6. The van der Waals surface area contributed by atoms with E-state index in [1.54, 1.807) is 0 Å². The molecule has 0 fully saturated rings. The van der Waals surface area contributed by atoms with Crippen LogP contribution in [-0.2, 0) is 0 Å². The monoisotopic (exact) mass is 272 g/mol. The van der Waals surface area contributed by atoms with Gasteiger partial charge in [-0.15, -0.1) is 0 Å². The van der Waals surface area contributed by atoms with Gasteiger partial charge in [0.2, 0.25) is 0 Å². The molecule has 0 aliphatic heterocycles. The third kappa shape index (κ3) is 7.56. The van der Waals surface area contributed by atoms with Gasteiger partial charge in [-0.2, -0.15) is 11.8 Å². The smallest absolute Gasteiger partial charge is 0.120 e. The maximum atomic E-state index is 5.87. The van der Waals surface area contributed by atoms with E-state index in [9.17, 15) is 0 Å². The first kappa shape index (κ1) is 14.7. The lowest BCUT2D eigenvalue weighted by molar-refractivity contribution is 0.306. The van der Waals surface area contributed by atoms with Crippen LogP contribution in [0, 0.1) is 0 Å². The van der Waals surface area contributed by atoms with E-state index in [1.807, 2.05) is 36.0 Å². The summed E-state index contributed by atoms with van der Waals surface area (Å²) in [5.41, 5.74) is 0. The molecule has 1 aromatic rings. The fourth-order valence-corrected chi connectivity index (χ4v) is 2.47. The minimum absolute atomic E-state index is 0.732. The number of thioether (sulfide) groups is 1. The summed E-state index contributed by atoms with van der Waals surface area (Å²) in [4.78, 5) is 0. The van der Waals surface area contributed by atoms with Crippen LogP contribution < -0.4 is 4.74 Å². The molecule has 0 saturated heterocycles. The molecule has 0 saturated carbocycles. The molecule has 0 unspecified atom stereocenters. The van der Waals surface area contributed by atoms with Gasteiger partial charge in [-0.25, -0.2) is 0 Å². The van der Waals surface area contributed by atoms with Crippen LogP contribution in [0.2, 0.25) is 5.02 Å². The van der Waals surface area contributed by atoms with Crippen molar-refractivity contribution in [2.75, 3.05) is 12.4 Å². The lowest BCUT2D eigenvalue weighted by Crippen LogP contribution is -1.98. The first-order valence-electron chi connectivity index (χ1n) is 6.18. The molecule has 1 rings (SSSR count). The van der Waals surface area contributed by atoms with Gasteiger partial charge in [0.05, 0.1) is 6.61 Å². The average Bonchev–Trinajstić information content (AvgIpc) is 2.27. The third-order valence-corrected chi connectivity index (χ3v) is 3.73. The molecule has 0 bridgehead atoms. The van der Waals surface area contributed by atoms with Gasteiger partial charge in [0, 0.05) is 5.02 Å². The summed E-state index contributed by atoms with van der Waals surface area (Å²) in [5, 5.41) is 1.48. The van der Waals surface area contributed by atoms with Crippen molar-refractivity contribution in [3.8, 4) is 5.75 Å². The standard InChI is InChI=1S/C14H21ClOS/c1-12(2)17-10-5-3-4-9-16-14-8-6-7-13(15)11-14/h6-8,11-12H,3-5,9-10H2,1-2H3. The predicted octanol–water partition coefficient (Wildman–Crippen LogP) is 5.03. The fourth-order valence-electron chi connectivity index (χ4n) is 1.45. The van der Waals surface area contributed by atoms with Gasteiger partial charge >= 0.3 is 0 Å². The van der Waals surface area contributed by atoms with E-state index in [4.69, 9.17) is 16.3 Å².